The van der Waals surface area contributed by atoms with Gasteiger partial charge in [-0.25, -0.2) is 0 Å². The number of amides is 1. The van der Waals surface area contributed by atoms with Gasteiger partial charge in [0, 0.05) is 27.6 Å². The third-order valence-electron chi connectivity index (χ3n) is 2.83. The fourth-order valence-electron chi connectivity index (χ4n) is 1.52. The number of hydrogen-bond donors (Lipinski definition) is 1. The molecule has 19 heavy (non-hydrogen) atoms. The second kappa shape index (κ2) is 8.48. The predicted octanol–water partition coefficient (Wildman–Crippen LogP) is 3.25. The largest absolute Gasteiger partial charge is 0.354 e. The highest BCUT2D eigenvalue weighted by Gasteiger charge is 2.08. The third kappa shape index (κ3) is 6.34. The number of rotatable bonds is 7. The number of hydrogen-bond acceptors (Lipinski definition) is 2. The van der Waals surface area contributed by atoms with Gasteiger partial charge in [0.2, 0.25) is 5.91 Å². The van der Waals surface area contributed by atoms with E-state index in [0.717, 1.165) is 15.8 Å². The Morgan fingerprint density at radius 2 is 2.00 bits per heavy atom. The van der Waals surface area contributed by atoms with Crippen LogP contribution in [0.3, 0.4) is 0 Å². The normalized spacial score (nSPS) is 13.8. The molecule has 2 atom stereocenters. The first-order chi connectivity index (χ1) is 9.02. The van der Waals surface area contributed by atoms with Crippen LogP contribution in [-0.4, -0.2) is 21.9 Å². The minimum Gasteiger partial charge on any atom is -0.354 e. The maximum atomic E-state index is 12.0. The molecule has 0 radical (unpaired) electrons. The first-order valence-electron chi connectivity index (χ1n) is 6.46. The molecule has 0 aliphatic rings. The fraction of sp³-hybridized carbons (Fsp3) is 0.500. The van der Waals surface area contributed by atoms with E-state index < -0.39 is 10.8 Å². The zero-order valence-electron chi connectivity index (χ0n) is 11.3. The molecule has 0 fully saturated rings. The number of nitrogens with one attached hydrogen (secondary N) is 1. The topological polar surface area (TPSA) is 46.2 Å². The van der Waals surface area contributed by atoms with Crippen LogP contribution < -0.4 is 5.32 Å². The number of carbonyl (C=O) groups is 1. The Morgan fingerprint density at radius 3 is 2.58 bits per heavy atom. The molecule has 0 bridgehead atoms. The molecule has 1 aromatic carbocycles. The summed E-state index contributed by atoms with van der Waals surface area (Å²) in [6, 6.07) is 7.66. The third-order valence-corrected chi connectivity index (χ3v) is 4.82. The van der Waals surface area contributed by atoms with Crippen LogP contribution in [-0.2, 0) is 15.6 Å². The minimum atomic E-state index is -1.02. The molecule has 0 aliphatic heterocycles. The van der Waals surface area contributed by atoms with Crippen molar-refractivity contribution in [3.05, 3.63) is 28.7 Å². The number of benzene rings is 1. The average Bonchev–Trinajstić information content (AvgIpc) is 2.39. The second-order valence-electron chi connectivity index (χ2n) is 4.48. The van der Waals surface area contributed by atoms with E-state index in [9.17, 15) is 9.00 Å². The van der Waals surface area contributed by atoms with Crippen molar-refractivity contribution in [1.29, 1.82) is 0 Å². The molecule has 0 spiro atoms. The summed E-state index contributed by atoms with van der Waals surface area (Å²) in [5, 5.41) is 2.91. The zero-order chi connectivity index (χ0) is 14.3. The standard InChI is InChI=1S/C14H20BrNO2S/c1-3-11(2)16-14(17)5-4-10-19(18)13-8-6-12(15)7-9-13/h6-9,11H,3-5,10H2,1-2H3,(H,16,17). The summed E-state index contributed by atoms with van der Waals surface area (Å²) in [5.41, 5.74) is 0. The summed E-state index contributed by atoms with van der Waals surface area (Å²) in [6.07, 6.45) is 2.01. The second-order valence-corrected chi connectivity index (χ2v) is 6.97. The van der Waals surface area contributed by atoms with Crippen molar-refractivity contribution in [2.45, 2.75) is 44.0 Å². The first kappa shape index (κ1) is 16.4. The summed E-state index contributed by atoms with van der Waals surface area (Å²) in [4.78, 5) is 12.4. The molecule has 5 heteroatoms. The van der Waals surface area contributed by atoms with Crippen LogP contribution in [0.1, 0.15) is 33.1 Å². The van der Waals surface area contributed by atoms with E-state index in [1.54, 1.807) is 0 Å². The van der Waals surface area contributed by atoms with Crippen LogP contribution in [0.15, 0.2) is 33.6 Å². The Balaban J connectivity index is 2.31. The van der Waals surface area contributed by atoms with Crippen LogP contribution in [0.2, 0.25) is 0 Å². The van der Waals surface area contributed by atoms with Gasteiger partial charge in [0.1, 0.15) is 0 Å². The van der Waals surface area contributed by atoms with Gasteiger partial charge in [-0.15, -0.1) is 0 Å². The van der Waals surface area contributed by atoms with Gasteiger partial charge in [0.05, 0.1) is 10.8 Å². The van der Waals surface area contributed by atoms with E-state index in [4.69, 9.17) is 0 Å². The quantitative estimate of drug-likeness (QED) is 0.824. The van der Waals surface area contributed by atoms with E-state index in [2.05, 4.69) is 21.2 Å². The van der Waals surface area contributed by atoms with Gasteiger partial charge in [-0.1, -0.05) is 22.9 Å². The minimum absolute atomic E-state index is 0.0437. The Hall–Kier alpha value is -0.680. The summed E-state index contributed by atoms with van der Waals surface area (Å²) in [6.45, 7) is 4.02. The van der Waals surface area contributed by atoms with Gasteiger partial charge in [0.15, 0.2) is 0 Å². The van der Waals surface area contributed by atoms with Crippen LogP contribution in [0.25, 0.3) is 0 Å². The summed E-state index contributed by atoms with van der Waals surface area (Å²) >= 11 is 3.34. The molecule has 2 unspecified atom stereocenters. The van der Waals surface area contributed by atoms with Crippen molar-refractivity contribution in [2.75, 3.05) is 5.75 Å². The zero-order valence-corrected chi connectivity index (χ0v) is 13.7. The van der Waals surface area contributed by atoms with Crippen molar-refractivity contribution in [2.24, 2.45) is 0 Å². The number of carbonyl (C=O) groups excluding carboxylic acids is 1. The van der Waals surface area contributed by atoms with Crippen molar-refractivity contribution >= 4 is 32.6 Å². The molecule has 0 saturated heterocycles. The highest BCUT2D eigenvalue weighted by Crippen LogP contribution is 2.14. The summed E-state index contributed by atoms with van der Waals surface area (Å²) < 4.78 is 13.0. The molecule has 0 saturated carbocycles. The highest BCUT2D eigenvalue weighted by atomic mass is 79.9. The first-order valence-corrected chi connectivity index (χ1v) is 8.57. The monoisotopic (exact) mass is 345 g/mol. The maximum Gasteiger partial charge on any atom is 0.220 e. The van der Waals surface area contributed by atoms with Crippen LogP contribution in [0.5, 0.6) is 0 Å². The average molecular weight is 346 g/mol. The SMILES string of the molecule is CCC(C)NC(=O)CCCS(=O)c1ccc(Br)cc1. The van der Waals surface area contributed by atoms with E-state index >= 15 is 0 Å². The Kier molecular flexibility index (Phi) is 7.31. The van der Waals surface area contributed by atoms with Crippen molar-refractivity contribution in [3.63, 3.8) is 0 Å². The fourth-order valence-corrected chi connectivity index (χ4v) is 2.86. The van der Waals surface area contributed by atoms with E-state index in [0.29, 0.717) is 18.6 Å². The lowest BCUT2D eigenvalue weighted by Crippen LogP contribution is -2.31. The maximum absolute atomic E-state index is 12.0. The predicted molar refractivity (Wildman–Crippen MR) is 82.5 cm³/mol. The Morgan fingerprint density at radius 1 is 1.37 bits per heavy atom. The molecule has 0 aliphatic carbocycles. The molecular formula is C14H20BrNO2S. The van der Waals surface area contributed by atoms with Crippen LogP contribution in [0, 0.1) is 0 Å². The van der Waals surface area contributed by atoms with Crippen molar-refractivity contribution in [1.82, 2.24) is 5.32 Å². The molecule has 106 valence electrons. The molecule has 3 nitrogen and oxygen atoms in total. The van der Waals surface area contributed by atoms with Crippen molar-refractivity contribution < 1.29 is 9.00 Å². The molecule has 1 aromatic rings. The van der Waals surface area contributed by atoms with Gasteiger partial charge >= 0.3 is 0 Å². The lowest BCUT2D eigenvalue weighted by Gasteiger charge is -2.10. The molecule has 1 amide bonds. The van der Waals surface area contributed by atoms with Gasteiger partial charge in [-0.3, -0.25) is 9.00 Å². The summed E-state index contributed by atoms with van der Waals surface area (Å²) in [7, 11) is -1.02. The Bertz CT molecular complexity index is 434. The van der Waals surface area contributed by atoms with Crippen LogP contribution in [0.4, 0.5) is 0 Å². The van der Waals surface area contributed by atoms with Gasteiger partial charge in [-0.05, 0) is 44.0 Å². The lowest BCUT2D eigenvalue weighted by atomic mass is 10.2. The van der Waals surface area contributed by atoms with Gasteiger partial charge < -0.3 is 5.32 Å². The molecule has 0 heterocycles. The lowest BCUT2D eigenvalue weighted by molar-refractivity contribution is -0.121. The summed E-state index contributed by atoms with van der Waals surface area (Å²) in [5.74, 6) is 0.567. The van der Waals surface area contributed by atoms with E-state index in [1.807, 2.05) is 38.1 Å². The number of halogens is 1. The smallest absolute Gasteiger partial charge is 0.220 e. The molecule has 1 rings (SSSR count). The van der Waals surface area contributed by atoms with Crippen molar-refractivity contribution in [3.8, 4) is 0 Å². The molecule has 0 aromatic heterocycles. The van der Waals surface area contributed by atoms with Gasteiger partial charge in [0.25, 0.3) is 0 Å². The van der Waals surface area contributed by atoms with E-state index in [-0.39, 0.29) is 11.9 Å². The molecule has 1 N–H and O–H groups in total. The highest BCUT2D eigenvalue weighted by molar-refractivity contribution is 9.10. The molecular weight excluding hydrogens is 326 g/mol. The van der Waals surface area contributed by atoms with Gasteiger partial charge in [-0.2, -0.15) is 0 Å². The van der Waals surface area contributed by atoms with E-state index in [1.165, 1.54) is 0 Å². The van der Waals surface area contributed by atoms with Crippen LogP contribution >= 0.6 is 15.9 Å². The Labute approximate surface area is 125 Å².